The zero-order chi connectivity index (χ0) is 42.6. The number of hydrogen-bond acceptors (Lipinski definition) is 12. The molecule has 61 heavy (non-hydrogen) atoms. The highest BCUT2D eigenvalue weighted by Crippen LogP contribution is 2.48. The molecule has 2 aromatic carbocycles. The number of nitrogens with one attached hydrogen (secondary N) is 3. The standard InChI is InChI=1S/C44H50N6O9S2/c51-38(40(53)49-61(56,57)27-28-14-5-4-6-15-28)44-25-29(44)16-7-2-1-3-8-21-34(47-43(55)59-30-17-9-10-18-30)42(54)50-26-31(24-35(50)39(52)48-44)58-41-37(36-22-13-23-60-36)45-32-19-11-12-20-33(32)46-41/h4-6,11-15,19-20,22-23,29-31,34-35H,1-3,7-10,16-18,21,24-27H2,(H,47,55)(H,48,52)(H,49,53)/t29?,31-,34+,35+,44?/m1/s1. The molecule has 3 N–H and O–H groups in total. The maximum atomic E-state index is 14.7. The van der Waals surface area contributed by atoms with E-state index < -0.39 is 75.0 Å². The highest BCUT2D eigenvalue weighted by Gasteiger charge is 2.63. The van der Waals surface area contributed by atoms with Gasteiger partial charge in [0.15, 0.2) is 0 Å². The summed E-state index contributed by atoms with van der Waals surface area (Å²) < 4.78 is 40.3. The summed E-state index contributed by atoms with van der Waals surface area (Å²) in [5, 5.41) is 7.59. The van der Waals surface area contributed by atoms with E-state index in [1.54, 1.807) is 30.3 Å². The molecule has 5 atom stereocenters. The zero-order valence-electron chi connectivity index (χ0n) is 33.8. The van der Waals surface area contributed by atoms with Crippen LogP contribution >= 0.6 is 11.3 Å². The number of hydrogen-bond donors (Lipinski definition) is 3. The third-order valence-corrected chi connectivity index (χ3v) is 14.2. The number of para-hydroxylation sites is 2. The first-order chi connectivity index (χ1) is 29.5. The van der Waals surface area contributed by atoms with E-state index in [2.05, 4.69) is 10.6 Å². The van der Waals surface area contributed by atoms with Gasteiger partial charge in [0, 0.05) is 6.42 Å². The number of ether oxygens (including phenoxy) is 2. The molecule has 0 spiro atoms. The van der Waals surface area contributed by atoms with Crippen LogP contribution in [0.5, 0.6) is 5.88 Å². The van der Waals surface area contributed by atoms with E-state index in [0.717, 1.165) is 49.8 Å². The van der Waals surface area contributed by atoms with Crippen LogP contribution in [0.4, 0.5) is 4.79 Å². The van der Waals surface area contributed by atoms with E-state index in [9.17, 15) is 32.4 Å². The second-order valence-electron chi connectivity index (χ2n) is 16.5. The van der Waals surface area contributed by atoms with Crippen molar-refractivity contribution in [3.63, 3.8) is 0 Å². The first-order valence-electron chi connectivity index (χ1n) is 21.2. The minimum absolute atomic E-state index is 0.0121. The van der Waals surface area contributed by atoms with Gasteiger partial charge in [-0.3, -0.25) is 19.2 Å². The number of fused-ring (bicyclic) bond motifs is 3. The summed E-state index contributed by atoms with van der Waals surface area (Å²) in [5.74, 6) is -4.32. The first kappa shape index (κ1) is 42.3. The van der Waals surface area contributed by atoms with E-state index in [0.29, 0.717) is 48.0 Å². The summed E-state index contributed by atoms with van der Waals surface area (Å²) in [6.45, 7) is -0.0618. The number of sulfonamides is 1. The van der Waals surface area contributed by atoms with E-state index in [1.165, 1.54) is 16.2 Å². The number of rotatable bonds is 10. The number of ketones is 1. The Hall–Kier alpha value is -5.42. The van der Waals surface area contributed by atoms with Crippen LogP contribution in [-0.4, -0.2) is 89.3 Å². The van der Waals surface area contributed by atoms with Gasteiger partial charge in [-0.15, -0.1) is 11.3 Å². The highest BCUT2D eigenvalue weighted by atomic mass is 32.2. The van der Waals surface area contributed by atoms with Crippen molar-refractivity contribution in [2.24, 2.45) is 5.92 Å². The number of aromatic nitrogens is 2. The summed E-state index contributed by atoms with van der Waals surface area (Å²) in [6.07, 6.45) is 6.44. The minimum atomic E-state index is -4.27. The number of thiophene rings is 1. The summed E-state index contributed by atoms with van der Waals surface area (Å²) >= 11 is 1.46. The third kappa shape index (κ3) is 9.88. The van der Waals surface area contributed by atoms with E-state index in [4.69, 9.17) is 19.4 Å². The lowest BCUT2D eigenvalue weighted by Gasteiger charge is -2.30. The predicted octanol–water partition coefficient (Wildman–Crippen LogP) is 5.58. The van der Waals surface area contributed by atoms with Gasteiger partial charge in [0.05, 0.1) is 28.2 Å². The van der Waals surface area contributed by atoms with Crippen molar-refractivity contribution in [2.45, 2.75) is 119 Å². The van der Waals surface area contributed by atoms with Crippen LogP contribution in [0.15, 0.2) is 72.1 Å². The molecule has 2 aliphatic heterocycles. The number of benzene rings is 2. The van der Waals surface area contributed by atoms with Crippen LogP contribution in [0.3, 0.4) is 0 Å². The normalized spacial score (nSPS) is 25.0. The van der Waals surface area contributed by atoms with Gasteiger partial charge in [0.1, 0.15) is 35.5 Å². The summed E-state index contributed by atoms with van der Waals surface area (Å²) in [5.41, 5.74) is 0.516. The van der Waals surface area contributed by atoms with Crippen LogP contribution in [0.25, 0.3) is 21.6 Å². The van der Waals surface area contributed by atoms with E-state index >= 15 is 0 Å². The number of carbonyl (C=O) groups excluding carboxylic acids is 5. The summed E-state index contributed by atoms with van der Waals surface area (Å²) in [4.78, 5) is 82.1. The Kier molecular flexibility index (Phi) is 12.7. The van der Waals surface area contributed by atoms with Gasteiger partial charge in [0.2, 0.25) is 33.5 Å². The molecule has 8 rings (SSSR count). The van der Waals surface area contributed by atoms with Gasteiger partial charge in [-0.2, -0.15) is 0 Å². The van der Waals surface area contributed by atoms with Crippen molar-refractivity contribution in [1.29, 1.82) is 0 Å². The molecule has 0 radical (unpaired) electrons. The minimum Gasteiger partial charge on any atom is -0.471 e. The Morgan fingerprint density at radius 1 is 0.836 bits per heavy atom. The Balaban J connectivity index is 1.08. The number of Topliss-reactive ketones (excluding diaryl/α,β-unsaturated/α-hetero) is 1. The molecular formula is C44H50N6O9S2. The number of amides is 4. The molecule has 0 bridgehead atoms. The fourth-order valence-electron chi connectivity index (χ4n) is 8.92. The fraction of sp³-hybridized carbons (Fsp3) is 0.477. The average molecular weight is 871 g/mol. The molecule has 2 saturated heterocycles. The molecule has 15 nitrogen and oxygen atoms in total. The van der Waals surface area contributed by atoms with Crippen LogP contribution in [0.2, 0.25) is 0 Å². The summed E-state index contributed by atoms with van der Waals surface area (Å²) in [7, 11) is -4.27. The van der Waals surface area contributed by atoms with Crippen LogP contribution in [0, 0.1) is 5.92 Å². The van der Waals surface area contributed by atoms with Crippen molar-refractivity contribution in [2.75, 3.05) is 6.54 Å². The smallest absolute Gasteiger partial charge is 0.408 e. The van der Waals surface area contributed by atoms with Crippen molar-refractivity contribution in [1.82, 2.24) is 30.2 Å². The molecule has 4 fully saturated rings. The van der Waals surface area contributed by atoms with Crippen molar-refractivity contribution >= 4 is 62.0 Å². The molecular weight excluding hydrogens is 821 g/mol. The maximum absolute atomic E-state index is 14.7. The molecule has 4 amide bonds. The van der Waals surface area contributed by atoms with Gasteiger partial charge in [-0.05, 0) is 80.0 Å². The van der Waals surface area contributed by atoms with Gasteiger partial charge in [0.25, 0.3) is 0 Å². The van der Waals surface area contributed by atoms with Crippen LogP contribution < -0.4 is 20.1 Å². The van der Waals surface area contributed by atoms with E-state index in [-0.39, 0.29) is 31.4 Å². The second-order valence-corrected chi connectivity index (χ2v) is 19.2. The van der Waals surface area contributed by atoms with Gasteiger partial charge in [-0.1, -0.05) is 80.6 Å². The lowest BCUT2D eigenvalue weighted by atomic mass is 10.0. The Morgan fingerprint density at radius 3 is 2.26 bits per heavy atom. The molecule has 17 heteroatoms. The highest BCUT2D eigenvalue weighted by molar-refractivity contribution is 7.89. The van der Waals surface area contributed by atoms with Crippen LogP contribution in [0.1, 0.15) is 89.0 Å². The Morgan fingerprint density at radius 2 is 1.52 bits per heavy atom. The third-order valence-electron chi connectivity index (χ3n) is 12.1. The monoisotopic (exact) mass is 870 g/mol. The van der Waals surface area contributed by atoms with Crippen molar-refractivity contribution < 1.29 is 41.9 Å². The molecule has 2 aromatic heterocycles. The van der Waals surface area contributed by atoms with Gasteiger partial charge >= 0.3 is 12.0 Å². The Bertz CT molecular complexity index is 2370. The fourth-order valence-corrected chi connectivity index (χ4v) is 10.7. The SMILES string of the molecule is O=C(N[C@H]1CCCCCCCC2CC2(C(=O)C(=O)NS(=O)(=O)Cc2ccccc2)NC(=O)[C@@H]2C[C@@H](Oc3nc4ccccc4nc3-c3cccs3)CN2C1=O)OC1CCCC1. The number of nitrogens with zero attached hydrogens (tertiary/aromatic N) is 3. The largest absolute Gasteiger partial charge is 0.471 e. The molecule has 4 aliphatic rings. The Labute approximate surface area is 358 Å². The van der Waals surface area contributed by atoms with Gasteiger partial charge < -0.3 is 25.0 Å². The molecule has 2 saturated carbocycles. The average Bonchev–Trinajstić information content (AvgIpc) is 3.74. The predicted molar refractivity (Wildman–Crippen MR) is 227 cm³/mol. The quantitative estimate of drug-likeness (QED) is 0.168. The first-order valence-corrected chi connectivity index (χ1v) is 23.7. The lowest BCUT2D eigenvalue weighted by Crippen LogP contribution is -2.58. The topological polar surface area (TPSA) is 203 Å². The van der Waals surface area contributed by atoms with Gasteiger partial charge in [-0.25, -0.2) is 27.9 Å². The molecule has 4 heterocycles. The molecule has 322 valence electrons. The maximum Gasteiger partial charge on any atom is 0.408 e. The second kappa shape index (κ2) is 18.3. The zero-order valence-corrected chi connectivity index (χ0v) is 35.4. The number of alkyl carbamates (subject to hydrolysis) is 1. The molecule has 4 aromatic rings. The van der Waals surface area contributed by atoms with Crippen LogP contribution in [-0.2, 0) is 39.7 Å². The molecule has 2 unspecified atom stereocenters. The molecule has 2 aliphatic carbocycles. The van der Waals surface area contributed by atoms with E-state index in [1.807, 2.05) is 46.5 Å². The van der Waals surface area contributed by atoms with Crippen molar-refractivity contribution in [3.05, 3.63) is 77.7 Å². The van der Waals surface area contributed by atoms with Crippen molar-refractivity contribution in [3.8, 4) is 16.5 Å². The summed E-state index contributed by atoms with van der Waals surface area (Å²) in [6, 6.07) is 17.2. The number of carbonyl (C=O) groups is 5. The lowest BCUT2D eigenvalue weighted by molar-refractivity contribution is -0.143.